The molecular weight excluding hydrogens is 273 g/mol. The SMILES string of the molecule is O=C(O)C1CCCN1C(=O)Cc1c(F)cccc1Cl. The smallest absolute Gasteiger partial charge is 0.326 e. The number of hydrogen-bond donors (Lipinski definition) is 1. The summed E-state index contributed by atoms with van der Waals surface area (Å²) in [4.78, 5) is 24.4. The van der Waals surface area contributed by atoms with Crippen molar-refractivity contribution in [1.82, 2.24) is 4.90 Å². The lowest BCUT2D eigenvalue weighted by Crippen LogP contribution is -2.41. The van der Waals surface area contributed by atoms with Crippen LogP contribution in [0, 0.1) is 5.82 Å². The molecule has 2 rings (SSSR count). The van der Waals surface area contributed by atoms with E-state index in [1.807, 2.05) is 0 Å². The third-order valence-electron chi connectivity index (χ3n) is 3.25. The molecule has 1 heterocycles. The highest BCUT2D eigenvalue weighted by Gasteiger charge is 2.34. The minimum Gasteiger partial charge on any atom is -0.480 e. The predicted octanol–water partition coefficient (Wildman–Crippen LogP) is 2.10. The summed E-state index contributed by atoms with van der Waals surface area (Å²) in [5, 5.41) is 9.19. The predicted molar refractivity (Wildman–Crippen MR) is 67.5 cm³/mol. The Bertz CT molecular complexity index is 500. The molecule has 1 fully saturated rings. The number of carbonyl (C=O) groups is 2. The van der Waals surface area contributed by atoms with Crippen molar-refractivity contribution < 1.29 is 19.1 Å². The van der Waals surface area contributed by atoms with Crippen LogP contribution in [0.15, 0.2) is 18.2 Å². The first-order valence-corrected chi connectivity index (χ1v) is 6.33. The van der Waals surface area contributed by atoms with Crippen molar-refractivity contribution in [3.05, 3.63) is 34.6 Å². The highest BCUT2D eigenvalue weighted by atomic mass is 35.5. The maximum absolute atomic E-state index is 13.6. The van der Waals surface area contributed by atoms with Crippen molar-refractivity contribution in [3.8, 4) is 0 Å². The van der Waals surface area contributed by atoms with E-state index in [0.29, 0.717) is 19.4 Å². The molecule has 1 aliphatic rings. The van der Waals surface area contributed by atoms with Gasteiger partial charge in [-0.1, -0.05) is 17.7 Å². The number of carboxylic acids is 1. The first-order valence-electron chi connectivity index (χ1n) is 5.96. The van der Waals surface area contributed by atoms with Gasteiger partial charge in [-0.05, 0) is 25.0 Å². The number of hydrogen-bond acceptors (Lipinski definition) is 2. The van der Waals surface area contributed by atoms with Crippen LogP contribution in [0.1, 0.15) is 18.4 Å². The van der Waals surface area contributed by atoms with Crippen LogP contribution in [0.3, 0.4) is 0 Å². The Morgan fingerprint density at radius 2 is 2.21 bits per heavy atom. The minimum absolute atomic E-state index is 0.116. The van der Waals surface area contributed by atoms with Gasteiger partial charge in [-0.3, -0.25) is 4.79 Å². The first-order chi connectivity index (χ1) is 9.00. The van der Waals surface area contributed by atoms with Crippen molar-refractivity contribution in [2.45, 2.75) is 25.3 Å². The number of halogens is 2. The van der Waals surface area contributed by atoms with Gasteiger partial charge in [0.05, 0.1) is 6.42 Å². The maximum atomic E-state index is 13.6. The second kappa shape index (κ2) is 5.57. The quantitative estimate of drug-likeness (QED) is 0.925. The van der Waals surface area contributed by atoms with E-state index in [9.17, 15) is 14.0 Å². The van der Waals surface area contributed by atoms with Gasteiger partial charge in [-0.2, -0.15) is 0 Å². The number of nitrogens with zero attached hydrogens (tertiary/aromatic N) is 1. The Hall–Kier alpha value is -1.62. The molecule has 19 heavy (non-hydrogen) atoms. The molecule has 1 aliphatic heterocycles. The van der Waals surface area contributed by atoms with Crippen LogP contribution < -0.4 is 0 Å². The second-order valence-electron chi connectivity index (χ2n) is 4.46. The molecular formula is C13H13ClFNO3. The number of rotatable bonds is 3. The summed E-state index contributed by atoms with van der Waals surface area (Å²) in [7, 11) is 0. The highest BCUT2D eigenvalue weighted by molar-refractivity contribution is 6.31. The summed E-state index contributed by atoms with van der Waals surface area (Å²) >= 11 is 5.85. The number of carbonyl (C=O) groups excluding carboxylic acids is 1. The molecule has 4 nitrogen and oxygen atoms in total. The molecule has 0 bridgehead atoms. The summed E-state index contributed by atoms with van der Waals surface area (Å²) in [5.41, 5.74) is 0.116. The molecule has 6 heteroatoms. The van der Waals surface area contributed by atoms with Crippen molar-refractivity contribution in [2.75, 3.05) is 6.54 Å². The van der Waals surface area contributed by atoms with E-state index in [1.54, 1.807) is 0 Å². The Balaban J connectivity index is 2.15. The molecule has 0 saturated carbocycles. The van der Waals surface area contributed by atoms with Crippen LogP contribution >= 0.6 is 11.6 Å². The summed E-state index contributed by atoms with van der Waals surface area (Å²) in [5.74, 6) is -1.98. The normalized spacial score (nSPS) is 18.6. The van der Waals surface area contributed by atoms with Crippen molar-refractivity contribution in [2.24, 2.45) is 0 Å². The van der Waals surface area contributed by atoms with Gasteiger partial charge in [0.25, 0.3) is 0 Å². The monoisotopic (exact) mass is 285 g/mol. The van der Waals surface area contributed by atoms with Gasteiger partial charge in [-0.15, -0.1) is 0 Å². The number of likely N-dealkylation sites (tertiary alicyclic amines) is 1. The zero-order chi connectivity index (χ0) is 14.0. The summed E-state index contributed by atoms with van der Waals surface area (Å²) in [6.07, 6.45) is 0.870. The van der Waals surface area contributed by atoms with E-state index in [4.69, 9.17) is 16.7 Å². The molecule has 0 spiro atoms. The largest absolute Gasteiger partial charge is 0.480 e. The van der Waals surface area contributed by atoms with Gasteiger partial charge in [0, 0.05) is 17.1 Å². The lowest BCUT2D eigenvalue weighted by Gasteiger charge is -2.21. The Morgan fingerprint density at radius 3 is 2.84 bits per heavy atom. The molecule has 1 aromatic carbocycles. The fourth-order valence-corrected chi connectivity index (χ4v) is 2.51. The fourth-order valence-electron chi connectivity index (χ4n) is 2.28. The van der Waals surface area contributed by atoms with Crippen LogP contribution in [0.5, 0.6) is 0 Å². The van der Waals surface area contributed by atoms with Crippen molar-refractivity contribution in [3.63, 3.8) is 0 Å². The number of carboxylic acid groups (broad SMARTS) is 1. The third-order valence-corrected chi connectivity index (χ3v) is 3.60. The van der Waals surface area contributed by atoms with Gasteiger partial charge < -0.3 is 10.0 Å². The van der Waals surface area contributed by atoms with Crippen LogP contribution in [0.25, 0.3) is 0 Å². The molecule has 1 atom stereocenters. The van der Waals surface area contributed by atoms with E-state index in [-0.39, 0.29) is 17.0 Å². The molecule has 1 aromatic rings. The lowest BCUT2D eigenvalue weighted by molar-refractivity contribution is -0.148. The van der Waals surface area contributed by atoms with Crippen LogP contribution in [-0.2, 0) is 16.0 Å². The van der Waals surface area contributed by atoms with E-state index in [0.717, 1.165) is 0 Å². The van der Waals surface area contributed by atoms with Crippen LogP contribution in [-0.4, -0.2) is 34.5 Å². The number of benzene rings is 1. The maximum Gasteiger partial charge on any atom is 0.326 e. The van der Waals surface area contributed by atoms with Gasteiger partial charge in [0.15, 0.2) is 0 Å². The first kappa shape index (κ1) is 13.8. The summed E-state index contributed by atoms with van der Waals surface area (Å²) in [6.45, 7) is 0.391. The average Bonchev–Trinajstić information content (AvgIpc) is 2.83. The fraction of sp³-hybridized carbons (Fsp3) is 0.385. The minimum atomic E-state index is -1.02. The molecule has 1 N–H and O–H groups in total. The Morgan fingerprint density at radius 1 is 1.47 bits per heavy atom. The van der Waals surface area contributed by atoms with Crippen LogP contribution in [0.4, 0.5) is 4.39 Å². The third kappa shape index (κ3) is 2.87. The van der Waals surface area contributed by atoms with E-state index >= 15 is 0 Å². The number of amides is 1. The molecule has 1 saturated heterocycles. The van der Waals surface area contributed by atoms with Gasteiger partial charge in [0.2, 0.25) is 5.91 Å². The Kier molecular flexibility index (Phi) is 4.04. The van der Waals surface area contributed by atoms with E-state index in [1.165, 1.54) is 23.1 Å². The number of aliphatic carboxylic acids is 1. The summed E-state index contributed by atoms with van der Waals surface area (Å²) < 4.78 is 13.6. The molecule has 1 unspecified atom stereocenters. The van der Waals surface area contributed by atoms with Gasteiger partial charge >= 0.3 is 5.97 Å². The van der Waals surface area contributed by atoms with E-state index in [2.05, 4.69) is 0 Å². The topological polar surface area (TPSA) is 57.6 Å². The zero-order valence-corrected chi connectivity index (χ0v) is 10.9. The van der Waals surface area contributed by atoms with Crippen molar-refractivity contribution in [1.29, 1.82) is 0 Å². The average molecular weight is 286 g/mol. The standard InChI is InChI=1S/C13H13ClFNO3/c14-9-3-1-4-10(15)8(9)7-12(17)16-6-2-5-11(16)13(18)19/h1,3-4,11H,2,5-7H2,(H,18,19). The molecule has 0 radical (unpaired) electrons. The highest BCUT2D eigenvalue weighted by Crippen LogP contribution is 2.23. The lowest BCUT2D eigenvalue weighted by atomic mass is 10.1. The second-order valence-corrected chi connectivity index (χ2v) is 4.87. The van der Waals surface area contributed by atoms with Gasteiger partial charge in [-0.25, -0.2) is 9.18 Å². The van der Waals surface area contributed by atoms with Crippen molar-refractivity contribution >= 4 is 23.5 Å². The molecule has 0 aromatic heterocycles. The summed E-state index contributed by atoms with van der Waals surface area (Å²) in [6, 6.07) is 3.39. The Labute approximate surface area is 114 Å². The van der Waals surface area contributed by atoms with E-state index < -0.39 is 23.7 Å². The van der Waals surface area contributed by atoms with Crippen LogP contribution in [0.2, 0.25) is 5.02 Å². The van der Waals surface area contributed by atoms with Gasteiger partial charge in [0.1, 0.15) is 11.9 Å². The molecule has 1 amide bonds. The zero-order valence-electron chi connectivity index (χ0n) is 10.1. The molecule has 102 valence electrons. The molecule has 0 aliphatic carbocycles.